The average molecular weight is 544 g/mol. The van der Waals surface area contributed by atoms with E-state index < -0.39 is 11.9 Å². The number of carboxylic acid groups (broad SMARTS) is 2. The van der Waals surface area contributed by atoms with Crippen molar-refractivity contribution in [2.75, 3.05) is 13.2 Å². The molecule has 6 heteroatoms. The molecule has 0 amide bonds. The minimum absolute atomic E-state index is 0.170. The Morgan fingerprint density at radius 1 is 0.800 bits per heavy atom. The fourth-order valence-corrected chi connectivity index (χ4v) is 4.56. The van der Waals surface area contributed by atoms with Gasteiger partial charge in [-0.25, -0.2) is 4.79 Å². The van der Waals surface area contributed by atoms with Crippen LogP contribution in [0.4, 0.5) is 0 Å². The first-order valence-corrected chi connectivity index (χ1v) is 14.2. The Labute approximate surface area is 237 Å². The molecule has 3 aromatic carbocycles. The van der Waals surface area contributed by atoms with Gasteiger partial charge < -0.3 is 20.3 Å². The zero-order chi connectivity index (χ0) is 28.4. The summed E-state index contributed by atoms with van der Waals surface area (Å²) in [4.78, 5) is 22.1. The van der Waals surface area contributed by atoms with E-state index >= 15 is 0 Å². The molecule has 40 heavy (non-hydrogen) atoms. The van der Waals surface area contributed by atoms with E-state index in [4.69, 9.17) is 9.84 Å². The molecule has 3 N–H and O–H groups in total. The Hall–Kier alpha value is -3.90. The van der Waals surface area contributed by atoms with E-state index in [1.807, 2.05) is 42.5 Å². The highest BCUT2D eigenvalue weighted by atomic mass is 16.5. The van der Waals surface area contributed by atoms with Crippen LogP contribution in [0, 0.1) is 5.92 Å². The lowest BCUT2D eigenvalue weighted by atomic mass is 9.92. The maximum atomic E-state index is 11.2. The van der Waals surface area contributed by atoms with Gasteiger partial charge in [0, 0.05) is 18.5 Å². The number of benzene rings is 3. The quantitative estimate of drug-likeness (QED) is 0.138. The summed E-state index contributed by atoms with van der Waals surface area (Å²) in [7, 11) is 0. The molecule has 0 aliphatic carbocycles. The highest BCUT2D eigenvalue weighted by molar-refractivity contribution is 5.87. The van der Waals surface area contributed by atoms with Crippen LogP contribution in [0.15, 0.2) is 84.9 Å². The number of para-hydroxylation sites is 1. The van der Waals surface area contributed by atoms with E-state index in [2.05, 4.69) is 41.7 Å². The topological polar surface area (TPSA) is 95.9 Å². The molecular formula is C34H41NO5. The van der Waals surface area contributed by atoms with Crippen molar-refractivity contribution in [3.8, 4) is 5.75 Å². The number of ether oxygens (including phenoxy) is 1. The maximum Gasteiger partial charge on any atom is 0.335 e. The van der Waals surface area contributed by atoms with E-state index in [1.54, 1.807) is 12.1 Å². The van der Waals surface area contributed by atoms with Gasteiger partial charge in [0.25, 0.3) is 0 Å². The monoisotopic (exact) mass is 543 g/mol. The van der Waals surface area contributed by atoms with Gasteiger partial charge in [0.15, 0.2) is 0 Å². The Morgan fingerprint density at radius 3 is 2.30 bits per heavy atom. The van der Waals surface area contributed by atoms with Crippen molar-refractivity contribution >= 4 is 18.0 Å². The number of aliphatic carboxylic acids is 1. The van der Waals surface area contributed by atoms with Gasteiger partial charge in [-0.3, -0.25) is 4.79 Å². The van der Waals surface area contributed by atoms with E-state index in [0.29, 0.717) is 13.0 Å². The molecule has 0 heterocycles. The van der Waals surface area contributed by atoms with Gasteiger partial charge in [-0.05, 0) is 80.3 Å². The van der Waals surface area contributed by atoms with Crippen LogP contribution >= 0.6 is 0 Å². The molecule has 0 bridgehead atoms. The predicted molar refractivity (Wildman–Crippen MR) is 160 cm³/mol. The molecule has 0 spiro atoms. The Balaban J connectivity index is 1.49. The minimum Gasteiger partial charge on any atom is -0.493 e. The summed E-state index contributed by atoms with van der Waals surface area (Å²) in [5.74, 6) is -0.656. The number of hydrogen-bond acceptors (Lipinski definition) is 4. The van der Waals surface area contributed by atoms with Crippen LogP contribution in [0.1, 0.15) is 72.0 Å². The van der Waals surface area contributed by atoms with Crippen molar-refractivity contribution < 1.29 is 24.5 Å². The highest BCUT2D eigenvalue weighted by Gasteiger charge is 2.10. The normalized spacial score (nSPS) is 11.9. The van der Waals surface area contributed by atoms with Gasteiger partial charge in [-0.2, -0.15) is 0 Å². The summed E-state index contributed by atoms with van der Waals surface area (Å²) < 4.78 is 6.13. The summed E-state index contributed by atoms with van der Waals surface area (Å²) >= 11 is 0. The van der Waals surface area contributed by atoms with Crippen LogP contribution in [0.3, 0.4) is 0 Å². The number of nitrogens with one attached hydrogen (secondary N) is 1. The Bertz CT molecular complexity index is 1190. The molecule has 3 rings (SSSR count). The van der Waals surface area contributed by atoms with Crippen molar-refractivity contribution in [1.82, 2.24) is 5.32 Å². The first-order valence-electron chi connectivity index (χ1n) is 14.2. The molecule has 1 unspecified atom stereocenters. The lowest BCUT2D eigenvalue weighted by Crippen LogP contribution is -2.14. The number of allylic oxidation sites excluding steroid dienone is 1. The lowest BCUT2D eigenvalue weighted by Gasteiger charge is -2.14. The molecule has 0 fully saturated rings. The van der Waals surface area contributed by atoms with Crippen molar-refractivity contribution in [2.24, 2.45) is 5.92 Å². The van der Waals surface area contributed by atoms with Gasteiger partial charge >= 0.3 is 11.9 Å². The van der Waals surface area contributed by atoms with Gasteiger partial charge in [-0.1, -0.05) is 79.2 Å². The highest BCUT2D eigenvalue weighted by Crippen LogP contribution is 2.24. The second-order valence-corrected chi connectivity index (χ2v) is 10.1. The summed E-state index contributed by atoms with van der Waals surface area (Å²) in [5.41, 5.74) is 3.64. The van der Waals surface area contributed by atoms with Crippen LogP contribution < -0.4 is 10.1 Å². The van der Waals surface area contributed by atoms with Gasteiger partial charge in [0.1, 0.15) is 5.75 Å². The second kappa shape index (κ2) is 17.6. The predicted octanol–water partition coefficient (Wildman–Crippen LogP) is 7.24. The zero-order valence-electron chi connectivity index (χ0n) is 23.1. The van der Waals surface area contributed by atoms with E-state index in [1.165, 1.54) is 5.56 Å². The molecule has 0 saturated carbocycles. The number of carboxylic acids is 2. The number of hydrogen-bond donors (Lipinski definition) is 3. The summed E-state index contributed by atoms with van der Waals surface area (Å²) in [6, 6.07) is 25.4. The third-order valence-corrected chi connectivity index (χ3v) is 6.81. The molecule has 6 nitrogen and oxygen atoms in total. The zero-order valence-corrected chi connectivity index (χ0v) is 23.1. The van der Waals surface area contributed by atoms with E-state index in [0.717, 1.165) is 68.5 Å². The molecule has 0 aliphatic heterocycles. The van der Waals surface area contributed by atoms with Crippen LogP contribution in [0.25, 0.3) is 6.08 Å². The SMILES string of the molecule is O=C(O)CCCCC(C=Cc1ccccc1OCCCCCNCc1ccccc1)Cc1ccc(C(=O)O)cc1. The minimum atomic E-state index is -0.937. The van der Waals surface area contributed by atoms with E-state index in [9.17, 15) is 14.7 Å². The molecule has 0 saturated heterocycles. The van der Waals surface area contributed by atoms with Crippen LogP contribution in [0.2, 0.25) is 0 Å². The van der Waals surface area contributed by atoms with Gasteiger partial charge in [0.2, 0.25) is 0 Å². The van der Waals surface area contributed by atoms with Crippen LogP contribution in [0.5, 0.6) is 5.75 Å². The Morgan fingerprint density at radius 2 is 1.55 bits per heavy atom. The fourth-order valence-electron chi connectivity index (χ4n) is 4.56. The maximum absolute atomic E-state index is 11.2. The van der Waals surface area contributed by atoms with E-state index in [-0.39, 0.29) is 17.9 Å². The number of aromatic carboxylic acids is 1. The molecule has 1 atom stereocenters. The second-order valence-electron chi connectivity index (χ2n) is 10.1. The Kier molecular flexibility index (Phi) is 13.5. The van der Waals surface area contributed by atoms with Crippen LogP contribution in [-0.4, -0.2) is 35.3 Å². The molecule has 212 valence electrons. The smallest absolute Gasteiger partial charge is 0.335 e. The molecule has 0 aliphatic rings. The van der Waals surface area contributed by atoms with Crippen molar-refractivity contribution in [1.29, 1.82) is 0 Å². The fraction of sp³-hybridized carbons (Fsp3) is 0.353. The molecule has 0 aromatic heterocycles. The largest absolute Gasteiger partial charge is 0.493 e. The number of unbranched alkanes of at least 4 members (excludes halogenated alkanes) is 3. The van der Waals surface area contributed by atoms with Gasteiger partial charge in [0.05, 0.1) is 12.2 Å². The molecule has 3 aromatic rings. The van der Waals surface area contributed by atoms with Crippen molar-refractivity contribution in [3.05, 3.63) is 107 Å². The van der Waals surface area contributed by atoms with Crippen molar-refractivity contribution in [2.45, 2.75) is 57.9 Å². The summed E-state index contributed by atoms with van der Waals surface area (Å²) in [5, 5.41) is 21.6. The molecule has 0 radical (unpaired) electrons. The lowest BCUT2D eigenvalue weighted by molar-refractivity contribution is -0.137. The first-order chi connectivity index (χ1) is 19.5. The number of carbonyl (C=O) groups is 2. The average Bonchev–Trinajstić information content (AvgIpc) is 2.96. The molecular weight excluding hydrogens is 502 g/mol. The summed E-state index contributed by atoms with van der Waals surface area (Å²) in [6.45, 7) is 2.55. The standard InChI is InChI=1S/C34H41NO5/c36-33(37)16-8-5-11-27(25-28-18-21-31(22-19-28)34(38)39)17-20-30-14-6-7-15-32(30)40-24-10-2-9-23-35-26-29-12-3-1-4-13-29/h1,3-4,6-7,12-15,17-22,27,35H,2,5,8-11,16,23-26H2,(H,36,37)(H,38,39). The third kappa shape index (κ3) is 11.9. The third-order valence-electron chi connectivity index (χ3n) is 6.81. The first kappa shape index (κ1) is 30.6. The van der Waals surface area contributed by atoms with Crippen LogP contribution in [-0.2, 0) is 17.8 Å². The van der Waals surface area contributed by atoms with Gasteiger partial charge in [-0.15, -0.1) is 0 Å². The van der Waals surface area contributed by atoms with Crippen molar-refractivity contribution in [3.63, 3.8) is 0 Å². The number of rotatable bonds is 19. The summed E-state index contributed by atoms with van der Waals surface area (Å²) in [6.07, 6.45) is 10.7.